The molecule has 0 aromatic carbocycles. The van der Waals surface area contributed by atoms with Gasteiger partial charge in [-0.3, -0.25) is 9.89 Å². The average Bonchev–Trinajstić information content (AvgIpc) is 2.98. The molecule has 1 aliphatic carbocycles. The molecule has 1 amide bonds. The van der Waals surface area contributed by atoms with E-state index in [4.69, 9.17) is 5.73 Å². The van der Waals surface area contributed by atoms with Crippen LogP contribution in [0.15, 0.2) is 6.33 Å². The standard InChI is InChI=1S/C10H17N5O/c1-15(5-9-12-6-13-14-9)10(16)4-8(11)7-2-3-7/h6-8H,2-5,11H2,1H3,(H,12,13,14). The predicted octanol–water partition coefficient (Wildman–Crippen LogP) is -0.110. The molecule has 1 heterocycles. The second-order valence-electron chi connectivity index (χ2n) is 4.39. The lowest BCUT2D eigenvalue weighted by atomic mass is 10.1. The van der Waals surface area contributed by atoms with E-state index in [0.29, 0.717) is 24.7 Å². The number of nitrogens with one attached hydrogen (secondary N) is 1. The molecule has 0 aliphatic heterocycles. The number of hydrogen-bond donors (Lipinski definition) is 2. The van der Waals surface area contributed by atoms with Crippen molar-refractivity contribution in [2.45, 2.75) is 31.8 Å². The van der Waals surface area contributed by atoms with E-state index in [2.05, 4.69) is 15.2 Å². The quantitative estimate of drug-likeness (QED) is 0.729. The Morgan fingerprint density at radius 3 is 3.06 bits per heavy atom. The summed E-state index contributed by atoms with van der Waals surface area (Å²) in [6, 6.07) is 0.0182. The third-order valence-corrected chi connectivity index (χ3v) is 2.92. The van der Waals surface area contributed by atoms with E-state index < -0.39 is 0 Å². The van der Waals surface area contributed by atoms with Gasteiger partial charge in [-0.2, -0.15) is 5.10 Å². The van der Waals surface area contributed by atoms with Crippen LogP contribution in [0.2, 0.25) is 0 Å². The van der Waals surface area contributed by atoms with Gasteiger partial charge in [-0.05, 0) is 18.8 Å². The van der Waals surface area contributed by atoms with Crippen LogP contribution >= 0.6 is 0 Å². The lowest BCUT2D eigenvalue weighted by Crippen LogP contribution is -2.34. The highest BCUT2D eigenvalue weighted by molar-refractivity contribution is 5.76. The van der Waals surface area contributed by atoms with Crippen molar-refractivity contribution in [3.63, 3.8) is 0 Å². The number of nitrogens with zero attached hydrogens (tertiary/aromatic N) is 3. The summed E-state index contributed by atoms with van der Waals surface area (Å²) in [5.41, 5.74) is 5.91. The molecule has 6 heteroatoms. The van der Waals surface area contributed by atoms with Crippen molar-refractivity contribution in [1.82, 2.24) is 20.1 Å². The fraction of sp³-hybridized carbons (Fsp3) is 0.700. The summed E-state index contributed by atoms with van der Waals surface area (Å²) in [6.45, 7) is 0.455. The van der Waals surface area contributed by atoms with E-state index in [9.17, 15) is 4.79 Å². The Morgan fingerprint density at radius 2 is 2.50 bits per heavy atom. The number of carbonyl (C=O) groups excluding carboxylic acids is 1. The van der Waals surface area contributed by atoms with Crippen molar-refractivity contribution in [1.29, 1.82) is 0 Å². The number of rotatable bonds is 5. The van der Waals surface area contributed by atoms with Gasteiger partial charge in [0.2, 0.25) is 5.91 Å². The Hall–Kier alpha value is -1.43. The molecule has 0 radical (unpaired) electrons. The van der Waals surface area contributed by atoms with Gasteiger partial charge < -0.3 is 10.6 Å². The summed E-state index contributed by atoms with van der Waals surface area (Å²) in [5.74, 6) is 1.31. The van der Waals surface area contributed by atoms with Gasteiger partial charge in [0.15, 0.2) is 0 Å². The summed E-state index contributed by atoms with van der Waals surface area (Å²) >= 11 is 0. The van der Waals surface area contributed by atoms with Crippen LogP contribution in [0.5, 0.6) is 0 Å². The first-order chi connectivity index (χ1) is 7.66. The van der Waals surface area contributed by atoms with Crippen LogP contribution in [0.25, 0.3) is 0 Å². The van der Waals surface area contributed by atoms with E-state index >= 15 is 0 Å². The van der Waals surface area contributed by atoms with Gasteiger partial charge in [-0.15, -0.1) is 0 Å². The molecule has 1 aromatic heterocycles. The Labute approximate surface area is 94.2 Å². The van der Waals surface area contributed by atoms with Crippen LogP contribution in [0.3, 0.4) is 0 Å². The fourth-order valence-electron chi connectivity index (χ4n) is 1.67. The van der Waals surface area contributed by atoms with Crippen LogP contribution in [0.1, 0.15) is 25.1 Å². The van der Waals surface area contributed by atoms with Crippen molar-refractivity contribution in [3.8, 4) is 0 Å². The normalized spacial score (nSPS) is 17.1. The number of aromatic amines is 1. The highest BCUT2D eigenvalue weighted by atomic mass is 16.2. The molecule has 1 aromatic rings. The number of hydrogen-bond acceptors (Lipinski definition) is 4. The Morgan fingerprint density at radius 1 is 1.75 bits per heavy atom. The van der Waals surface area contributed by atoms with Gasteiger partial charge in [0.1, 0.15) is 12.2 Å². The van der Waals surface area contributed by atoms with Crippen LogP contribution in [0, 0.1) is 5.92 Å². The van der Waals surface area contributed by atoms with E-state index in [-0.39, 0.29) is 11.9 Å². The minimum absolute atomic E-state index is 0.0182. The first-order valence-corrected chi connectivity index (χ1v) is 5.50. The van der Waals surface area contributed by atoms with E-state index in [1.165, 1.54) is 19.2 Å². The molecule has 1 fully saturated rings. The molecule has 0 spiro atoms. The third kappa shape index (κ3) is 2.79. The van der Waals surface area contributed by atoms with Crippen LogP contribution in [-0.2, 0) is 11.3 Å². The minimum atomic E-state index is 0.0182. The second-order valence-corrected chi connectivity index (χ2v) is 4.39. The summed E-state index contributed by atoms with van der Waals surface area (Å²) in [4.78, 5) is 17.4. The predicted molar refractivity (Wildman–Crippen MR) is 58.2 cm³/mol. The third-order valence-electron chi connectivity index (χ3n) is 2.92. The molecule has 3 N–H and O–H groups in total. The van der Waals surface area contributed by atoms with Crippen molar-refractivity contribution < 1.29 is 4.79 Å². The van der Waals surface area contributed by atoms with Crippen LogP contribution in [0.4, 0.5) is 0 Å². The topological polar surface area (TPSA) is 87.9 Å². The first kappa shape index (κ1) is 11.1. The molecule has 1 saturated carbocycles. The molecule has 6 nitrogen and oxygen atoms in total. The van der Waals surface area contributed by atoms with Crippen molar-refractivity contribution in [2.75, 3.05) is 7.05 Å². The number of aromatic nitrogens is 3. The number of H-pyrrole nitrogens is 1. The maximum atomic E-state index is 11.8. The van der Waals surface area contributed by atoms with Crippen LogP contribution < -0.4 is 5.73 Å². The van der Waals surface area contributed by atoms with E-state index in [1.807, 2.05) is 0 Å². The van der Waals surface area contributed by atoms with Gasteiger partial charge in [-0.1, -0.05) is 0 Å². The SMILES string of the molecule is CN(Cc1ncn[nH]1)C(=O)CC(N)C1CC1. The minimum Gasteiger partial charge on any atom is -0.338 e. The first-order valence-electron chi connectivity index (χ1n) is 5.50. The van der Waals surface area contributed by atoms with E-state index in [0.717, 1.165) is 0 Å². The monoisotopic (exact) mass is 223 g/mol. The van der Waals surface area contributed by atoms with Gasteiger partial charge in [0, 0.05) is 19.5 Å². The van der Waals surface area contributed by atoms with Gasteiger partial charge in [-0.25, -0.2) is 4.98 Å². The Bertz CT molecular complexity index is 346. The second kappa shape index (κ2) is 4.61. The molecule has 1 aliphatic rings. The van der Waals surface area contributed by atoms with Crippen molar-refractivity contribution in [2.24, 2.45) is 11.7 Å². The van der Waals surface area contributed by atoms with Gasteiger partial charge in [0.05, 0.1) is 6.54 Å². The maximum Gasteiger partial charge on any atom is 0.224 e. The molecule has 88 valence electrons. The molecule has 1 atom stereocenters. The summed E-state index contributed by atoms with van der Waals surface area (Å²) in [5, 5.41) is 6.46. The molecular weight excluding hydrogens is 206 g/mol. The zero-order valence-corrected chi connectivity index (χ0v) is 9.39. The largest absolute Gasteiger partial charge is 0.338 e. The van der Waals surface area contributed by atoms with E-state index in [1.54, 1.807) is 11.9 Å². The Kier molecular flexibility index (Phi) is 3.19. The van der Waals surface area contributed by atoms with Crippen molar-refractivity contribution >= 4 is 5.91 Å². The average molecular weight is 223 g/mol. The lowest BCUT2D eigenvalue weighted by molar-refractivity contribution is -0.131. The molecule has 0 bridgehead atoms. The maximum absolute atomic E-state index is 11.8. The number of carbonyl (C=O) groups is 1. The zero-order valence-electron chi connectivity index (χ0n) is 9.39. The van der Waals surface area contributed by atoms with Gasteiger partial charge in [0.25, 0.3) is 0 Å². The molecular formula is C10H17N5O. The molecule has 16 heavy (non-hydrogen) atoms. The summed E-state index contributed by atoms with van der Waals surface area (Å²) in [7, 11) is 1.75. The molecule has 0 saturated heterocycles. The highest BCUT2D eigenvalue weighted by Gasteiger charge is 2.30. The van der Waals surface area contributed by atoms with Crippen molar-refractivity contribution in [3.05, 3.63) is 12.2 Å². The summed E-state index contributed by atoms with van der Waals surface area (Å²) in [6.07, 6.45) is 4.19. The Balaban J connectivity index is 1.79. The lowest BCUT2D eigenvalue weighted by Gasteiger charge is -2.18. The zero-order chi connectivity index (χ0) is 11.5. The molecule has 1 unspecified atom stereocenters. The molecule has 2 rings (SSSR count). The smallest absolute Gasteiger partial charge is 0.224 e. The number of amides is 1. The highest BCUT2D eigenvalue weighted by Crippen LogP contribution is 2.32. The van der Waals surface area contributed by atoms with Crippen LogP contribution in [-0.4, -0.2) is 39.1 Å². The van der Waals surface area contributed by atoms with Gasteiger partial charge >= 0.3 is 0 Å². The number of nitrogens with two attached hydrogens (primary N) is 1. The fourth-order valence-corrected chi connectivity index (χ4v) is 1.67. The summed E-state index contributed by atoms with van der Waals surface area (Å²) < 4.78 is 0.